The Hall–Kier alpha value is -2.12. The molecule has 1 amide bonds. The summed E-state index contributed by atoms with van der Waals surface area (Å²) in [5, 5.41) is 2.54. The number of anilines is 1. The second-order valence-electron chi connectivity index (χ2n) is 4.96. The van der Waals surface area contributed by atoms with E-state index in [2.05, 4.69) is 14.8 Å². The van der Waals surface area contributed by atoms with Crippen molar-refractivity contribution in [2.75, 3.05) is 19.5 Å². The molecule has 0 unspecified atom stereocenters. The van der Waals surface area contributed by atoms with Crippen molar-refractivity contribution in [1.82, 2.24) is 0 Å². The van der Waals surface area contributed by atoms with Crippen LogP contribution in [0.1, 0.15) is 34.6 Å². The average Bonchev–Trinajstić information content (AvgIpc) is 2.44. The maximum Gasteiger partial charge on any atom is 0.337 e. The molecule has 0 fully saturated rings. The molecule has 0 radical (unpaired) electrons. The first-order valence-electron chi connectivity index (χ1n) is 6.11. The SMILES string of the molecule is COC(=O)c1cc(NC(=O)C(C)(C)N)cc(C(=O)OC)c1.Cl. The summed E-state index contributed by atoms with van der Waals surface area (Å²) in [7, 11) is 2.43. The zero-order valence-corrected chi connectivity index (χ0v) is 13.6. The van der Waals surface area contributed by atoms with Crippen LogP contribution < -0.4 is 11.1 Å². The molecule has 22 heavy (non-hydrogen) atoms. The molecule has 1 aromatic rings. The highest BCUT2D eigenvalue weighted by Gasteiger charge is 2.23. The fourth-order valence-electron chi connectivity index (χ4n) is 1.46. The summed E-state index contributed by atoms with van der Waals surface area (Å²) in [5.41, 5.74) is 5.06. The van der Waals surface area contributed by atoms with Gasteiger partial charge in [0.15, 0.2) is 0 Å². The number of ether oxygens (including phenoxy) is 2. The Morgan fingerprint density at radius 3 is 1.73 bits per heavy atom. The summed E-state index contributed by atoms with van der Waals surface area (Å²) in [6.07, 6.45) is 0. The molecular weight excluding hydrogens is 312 g/mol. The third-order valence-corrected chi connectivity index (χ3v) is 2.62. The van der Waals surface area contributed by atoms with Crippen LogP contribution in [0.4, 0.5) is 5.69 Å². The van der Waals surface area contributed by atoms with Crippen LogP contribution in [0.3, 0.4) is 0 Å². The maximum atomic E-state index is 11.9. The predicted molar refractivity (Wildman–Crippen MR) is 83.3 cm³/mol. The zero-order valence-electron chi connectivity index (χ0n) is 12.8. The molecule has 0 aliphatic carbocycles. The van der Waals surface area contributed by atoms with Crippen LogP contribution in [-0.4, -0.2) is 37.6 Å². The molecule has 0 spiro atoms. The minimum atomic E-state index is -1.10. The van der Waals surface area contributed by atoms with Crippen molar-refractivity contribution >= 4 is 35.9 Å². The number of nitrogens with one attached hydrogen (secondary N) is 1. The number of benzene rings is 1. The Labute approximate surface area is 134 Å². The lowest BCUT2D eigenvalue weighted by atomic mass is 10.1. The van der Waals surface area contributed by atoms with Gasteiger partial charge in [0.1, 0.15) is 0 Å². The van der Waals surface area contributed by atoms with Gasteiger partial charge in [-0.2, -0.15) is 0 Å². The highest BCUT2D eigenvalue weighted by Crippen LogP contribution is 2.18. The predicted octanol–water partition coefficient (Wildman–Crippen LogP) is 1.36. The lowest BCUT2D eigenvalue weighted by Gasteiger charge is -2.18. The number of methoxy groups -OCH3 is 2. The Kier molecular flexibility index (Phi) is 7.02. The van der Waals surface area contributed by atoms with E-state index in [1.54, 1.807) is 0 Å². The van der Waals surface area contributed by atoms with Crippen LogP contribution in [0.5, 0.6) is 0 Å². The van der Waals surface area contributed by atoms with E-state index in [4.69, 9.17) is 5.73 Å². The lowest BCUT2D eigenvalue weighted by molar-refractivity contribution is -0.120. The van der Waals surface area contributed by atoms with Crippen molar-refractivity contribution in [3.63, 3.8) is 0 Å². The first-order valence-corrected chi connectivity index (χ1v) is 6.11. The van der Waals surface area contributed by atoms with Gasteiger partial charge in [-0.3, -0.25) is 4.79 Å². The largest absolute Gasteiger partial charge is 0.465 e. The number of carbonyl (C=O) groups excluding carboxylic acids is 3. The van der Waals surface area contributed by atoms with E-state index in [1.807, 2.05) is 0 Å². The van der Waals surface area contributed by atoms with Gasteiger partial charge in [-0.1, -0.05) is 0 Å². The van der Waals surface area contributed by atoms with Crippen LogP contribution in [-0.2, 0) is 14.3 Å². The minimum Gasteiger partial charge on any atom is -0.465 e. The van der Waals surface area contributed by atoms with Crippen molar-refractivity contribution in [1.29, 1.82) is 0 Å². The van der Waals surface area contributed by atoms with Crippen LogP contribution in [0, 0.1) is 0 Å². The minimum absolute atomic E-state index is 0. The number of hydrogen-bond acceptors (Lipinski definition) is 6. The van der Waals surface area contributed by atoms with Crippen LogP contribution in [0.15, 0.2) is 18.2 Å². The molecule has 0 saturated carbocycles. The molecule has 0 aromatic heterocycles. The van der Waals surface area contributed by atoms with E-state index in [-0.39, 0.29) is 29.2 Å². The van der Waals surface area contributed by atoms with E-state index in [0.29, 0.717) is 0 Å². The lowest BCUT2D eigenvalue weighted by Crippen LogP contribution is -2.45. The van der Waals surface area contributed by atoms with Crippen molar-refractivity contribution in [2.24, 2.45) is 5.73 Å². The fraction of sp³-hybridized carbons (Fsp3) is 0.357. The topological polar surface area (TPSA) is 108 Å². The monoisotopic (exact) mass is 330 g/mol. The third-order valence-electron chi connectivity index (χ3n) is 2.62. The summed E-state index contributed by atoms with van der Waals surface area (Å²) >= 11 is 0. The highest BCUT2D eigenvalue weighted by atomic mass is 35.5. The van der Waals surface area contributed by atoms with E-state index in [9.17, 15) is 14.4 Å². The van der Waals surface area contributed by atoms with E-state index < -0.39 is 23.4 Å². The number of hydrogen-bond donors (Lipinski definition) is 2. The van der Waals surface area contributed by atoms with Crippen molar-refractivity contribution in [3.05, 3.63) is 29.3 Å². The molecule has 1 aromatic carbocycles. The van der Waals surface area contributed by atoms with Crippen molar-refractivity contribution in [3.8, 4) is 0 Å². The van der Waals surface area contributed by atoms with Crippen LogP contribution in [0.25, 0.3) is 0 Å². The molecule has 0 atom stereocenters. The Morgan fingerprint density at radius 1 is 1.00 bits per heavy atom. The van der Waals surface area contributed by atoms with Gasteiger partial charge in [-0.15, -0.1) is 12.4 Å². The summed E-state index contributed by atoms with van der Waals surface area (Å²) < 4.78 is 9.21. The first-order chi connectivity index (χ1) is 9.68. The smallest absolute Gasteiger partial charge is 0.337 e. The van der Waals surface area contributed by atoms with Gasteiger partial charge >= 0.3 is 11.9 Å². The van der Waals surface area contributed by atoms with E-state index in [0.717, 1.165) is 0 Å². The molecule has 3 N–H and O–H groups in total. The van der Waals surface area contributed by atoms with Crippen LogP contribution in [0.2, 0.25) is 0 Å². The van der Waals surface area contributed by atoms with Crippen molar-refractivity contribution in [2.45, 2.75) is 19.4 Å². The normalized spacial score (nSPS) is 10.2. The number of amides is 1. The van der Waals surface area contributed by atoms with Crippen molar-refractivity contribution < 1.29 is 23.9 Å². The second kappa shape index (κ2) is 7.77. The third kappa shape index (κ3) is 5.01. The number of halogens is 1. The number of nitrogens with two attached hydrogens (primary N) is 1. The van der Waals surface area contributed by atoms with E-state index in [1.165, 1.54) is 46.3 Å². The quantitative estimate of drug-likeness (QED) is 0.807. The standard InChI is InChI=1S/C14H18N2O5.ClH/c1-14(2,15)13(19)16-10-6-8(11(17)20-3)5-9(7-10)12(18)21-4;/h5-7H,15H2,1-4H3,(H,16,19);1H. The summed E-state index contributed by atoms with van der Waals surface area (Å²) in [6, 6.07) is 4.10. The van der Waals surface area contributed by atoms with Gasteiger partial charge in [-0.25, -0.2) is 9.59 Å². The van der Waals surface area contributed by atoms with Gasteiger partial charge in [-0.05, 0) is 32.0 Å². The molecule has 0 heterocycles. The summed E-state index contributed by atoms with van der Waals surface area (Å²) in [6.45, 7) is 3.07. The molecule has 1 rings (SSSR count). The number of rotatable bonds is 4. The second-order valence-corrected chi connectivity index (χ2v) is 4.96. The zero-order chi connectivity index (χ0) is 16.2. The summed E-state index contributed by atoms with van der Waals surface area (Å²) in [5.74, 6) is -1.73. The molecule has 0 bridgehead atoms. The van der Waals surface area contributed by atoms with Gasteiger partial charge in [0.05, 0.1) is 30.9 Å². The van der Waals surface area contributed by atoms with Gasteiger partial charge in [0.2, 0.25) is 5.91 Å². The molecule has 7 nitrogen and oxygen atoms in total. The highest BCUT2D eigenvalue weighted by molar-refractivity contribution is 6.01. The molecule has 0 aliphatic heterocycles. The first kappa shape index (κ1) is 19.9. The molecule has 122 valence electrons. The Morgan fingerprint density at radius 2 is 1.41 bits per heavy atom. The maximum absolute atomic E-state index is 11.9. The summed E-state index contributed by atoms with van der Waals surface area (Å²) in [4.78, 5) is 35.1. The fourth-order valence-corrected chi connectivity index (χ4v) is 1.46. The number of carbonyl (C=O) groups is 3. The number of esters is 2. The van der Waals surface area contributed by atoms with Gasteiger partial charge < -0.3 is 20.5 Å². The Bertz CT molecular complexity index is 547. The van der Waals surface area contributed by atoms with Gasteiger partial charge in [0, 0.05) is 5.69 Å². The Balaban J connectivity index is 0.00000441. The molecule has 0 aliphatic rings. The average molecular weight is 331 g/mol. The molecular formula is C14H19ClN2O5. The molecule has 8 heteroatoms. The van der Waals surface area contributed by atoms with E-state index >= 15 is 0 Å². The molecule has 0 saturated heterocycles. The van der Waals surface area contributed by atoms with Crippen LogP contribution >= 0.6 is 12.4 Å². The van der Waals surface area contributed by atoms with Gasteiger partial charge in [0.25, 0.3) is 0 Å².